The average molecular weight is 390 g/mol. The number of rotatable bonds is 5. The van der Waals surface area contributed by atoms with Crippen molar-refractivity contribution in [2.75, 3.05) is 32.7 Å². The number of carbonyl (C=O) groups is 1. The number of amides is 1. The molecule has 1 aliphatic heterocycles. The fraction of sp³-hybridized carbons (Fsp3) is 0.526. The highest BCUT2D eigenvalue weighted by molar-refractivity contribution is 7.71. The van der Waals surface area contributed by atoms with Gasteiger partial charge in [0, 0.05) is 37.3 Å². The lowest BCUT2D eigenvalue weighted by Crippen LogP contribution is -2.51. The van der Waals surface area contributed by atoms with Crippen LogP contribution in [0, 0.1) is 4.84 Å². The lowest BCUT2D eigenvalue weighted by Gasteiger charge is -2.34. The van der Waals surface area contributed by atoms with Gasteiger partial charge in [-0.05, 0) is 45.1 Å². The molecular formula is C19H27N5O2S. The van der Waals surface area contributed by atoms with Crippen molar-refractivity contribution >= 4 is 18.1 Å². The number of hydrogen-bond acceptors (Lipinski definition) is 6. The van der Waals surface area contributed by atoms with E-state index in [1.807, 2.05) is 51.1 Å². The molecule has 1 aromatic heterocycles. The van der Waals surface area contributed by atoms with Gasteiger partial charge in [-0.3, -0.25) is 14.6 Å². The van der Waals surface area contributed by atoms with Crippen LogP contribution in [0.3, 0.4) is 0 Å². The van der Waals surface area contributed by atoms with E-state index in [-0.39, 0.29) is 11.4 Å². The van der Waals surface area contributed by atoms with Crippen LogP contribution in [0.5, 0.6) is 0 Å². The molecule has 0 unspecified atom stereocenters. The van der Waals surface area contributed by atoms with E-state index in [0.29, 0.717) is 23.9 Å². The first-order valence-corrected chi connectivity index (χ1v) is 9.60. The number of benzene rings is 1. The summed E-state index contributed by atoms with van der Waals surface area (Å²) in [7, 11) is 0. The summed E-state index contributed by atoms with van der Waals surface area (Å²) in [6.07, 6.45) is 0. The first kappa shape index (κ1) is 19.7. The molecule has 1 fully saturated rings. The van der Waals surface area contributed by atoms with Gasteiger partial charge in [-0.1, -0.05) is 18.2 Å². The Labute approximate surface area is 164 Å². The van der Waals surface area contributed by atoms with Gasteiger partial charge in [-0.15, -0.1) is 5.10 Å². The normalized spacial score (nSPS) is 16.4. The average Bonchev–Trinajstić information content (AvgIpc) is 2.96. The van der Waals surface area contributed by atoms with E-state index in [2.05, 4.69) is 20.2 Å². The van der Waals surface area contributed by atoms with Crippen LogP contribution in [0.15, 0.2) is 34.7 Å². The van der Waals surface area contributed by atoms with Crippen LogP contribution in [0.25, 0.3) is 11.5 Å². The molecule has 0 atom stereocenters. The van der Waals surface area contributed by atoms with Gasteiger partial charge in [0.15, 0.2) is 0 Å². The summed E-state index contributed by atoms with van der Waals surface area (Å²) in [5.41, 5.74) is 0.718. The third-order valence-corrected chi connectivity index (χ3v) is 4.60. The lowest BCUT2D eigenvalue weighted by atomic mass is 10.1. The monoisotopic (exact) mass is 389 g/mol. The van der Waals surface area contributed by atoms with Gasteiger partial charge in [0.05, 0.1) is 13.2 Å². The van der Waals surface area contributed by atoms with Crippen LogP contribution < -0.4 is 5.32 Å². The molecule has 1 amide bonds. The fourth-order valence-electron chi connectivity index (χ4n) is 3.03. The Balaban J connectivity index is 1.52. The Kier molecular flexibility index (Phi) is 6.08. The zero-order chi connectivity index (χ0) is 19.4. The second-order valence-electron chi connectivity index (χ2n) is 7.87. The maximum Gasteiger partial charge on any atom is 0.288 e. The lowest BCUT2D eigenvalue weighted by molar-refractivity contribution is -0.124. The van der Waals surface area contributed by atoms with Crippen LogP contribution in [-0.2, 0) is 11.5 Å². The van der Waals surface area contributed by atoms with Crippen molar-refractivity contribution in [3.8, 4) is 11.5 Å². The van der Waals surface area contributed by atoms with Crippen molar-refractivity contribution in [2.45, 2.75) is 33.0 Å². The number of nitrogens with one attached hydrogen (secondary N) is 1. The maximum absolute atomic E-state index is 12.1. The Morgan fingerprint density at radius 3 is 2.41 bits per heavy atom. The standard InChI is InChI=1S/C19H27N5O2S/c1-19(2,3)20-16(25)13-22-9-11-23(12-10-22)14-24-18(27)26-17(21-24)15-7-5-4-6-8-15/h4-8H,9-14H2,1-3H3,(H,20,25). The van der Waals surface area contributed by atoms with Crippen LogP contribution in [-0.4, -0.2) is 63.8 Å². The van der Waals surface area contributed by atoms with Gasteiger partial charge in [-0.2, -0.15) is 0 Å². The third-order valence-electron chi connectivity index (χ3n) is 4.31. The van der Waals surface area contributed by atoms with Crippen LogP contribution in [0.4, 0.5) is 0 Å². The minimum absolute atomic E-state index is 0.0715. The summed E-state index contributed by atoms with van der Waals surface area (Å²) in [6.45, 7) is 10.4. The smallest absolute Gasteiger partial charge is 0.288 e. The molecule has 1 aliphatic rings. The summed E-state index contributed by atoms with van der Waals surface area (Å²) in [6, 6.07) is 9.75. The minimum Gasteiger partial charge on any atom is -0.409 e. The zero-order valence-corrected chi connectivity index (χ0v) is 17.0. The topological polar surface area (TPSA) is 66.5 Å². The molecule has 0 saturated carbocycles. The van der Waals surface area contributed by atoms with Gasteiger partial charge in [0.2, 0.25) is 11.8 Å². The van der Waals surface area contributed by atoms with Crippen LogP contribution in [0.2, 0.25) is 0 Å². The predicted molar refractivity (Wildman–Crippen MR) is 107 cm³/mol. The zero-order valence-electron chi connectivity index (χ0n) is 16.1. The van der Waals surface area contributed by atoms with E-state index in [0.717, 1.165) is 31.7 Å². The SMILES string of the molecule is CC(C)(C)NC(=O)CN1CCN(Cn2nc(-c3ccccc3)oc2=S)CC1. The largest absolute Gasteiger partial charge is 0.409 e. The number of piperazine rings is 1. The van der Waals surface area contributed by atoms with E-state index in [9.17, 15) is 4.79 Å². The van der Waals surface area contributed by atoms with Crippen molar-refractivity contribution in [3.05, 3.63) is 35.2 Å². The molecule has 1 saturated heterocycles. The highest BCUT2D eigenvalue weighted by atomic mass is 32.1. The fourth-order valence-corrected chi connectivity index (χ4v) is 3.21. The molecular weight excluding hydrogens is 362 g/mol. The number of carbonyl (C=O) groups excluding carboxylic acids is 1. The Hall–Kier alpha value is -2.03. The molecule has 2 aromatic rings. The molecule has 3 rings (SSSR count). The summed E-state index contributed by atoms with van der Waals surface area (Å²) < 4.78 is 7.36. The van der Waals surface area contributed by atoms with E-state index in [4.69, 9.17) is 16.6 Å². The summed E-state index contributed by atoms with van der Waals surface area (Å²) in [5.74, 6) is 0.611. The van der Waals surface area contributed by atoms with Crippen molar-refractivity contribution in [1.82, 2.24) is 24.9 Å². The predicted octanol–water partition coefficient (Wildman–Crippen LogP) is 2.36. The van der Waals surface area contributed by atoms with Crippen molar-refractivity contribution in [3.63, 3.8) is 0 Å². The summed E-state index contributed by atoms with van der Waals surface area (Å²) in [5, 5.41) is 7.52. The van der Waals surface area contributed by atoms with E-state index >= 15 is 0 Å². The first-order chi connectivity index (χ1) is 12.8. The molecule has 146 valence electrons. The van der Waals surface area contributed by atoms with E-state index in [1.54, 1.807) is 4.68 Å². The first-order valence-electron chi connectivity index (χ1n) is 9.19. The Morgan fingerprint density at radius 2 is 1.78 bits per heavy atom. The van der Waals surface area contributed by atoms with E-state index in [1.165, 1.54) is 0 Å². The molecule has 0 bridgehead atoms. The summed E-state index contributed by atoms with van der Waals surface area (Å²) >= 11 is 5.32. The van der Waals surface area contributed by atoms with Crippen molar-refractivity contribution in [2.24, 2.45) is 0 Å². The molecule has 7 nitrogen and oxygen atoms in total. The van der Waals surface area contributed by atoms with Gasteiger partial charge < -0.3 is 9.73 Å². The van der Waals surface area contributed by atoms with Gasteiger partial charge >= 0.3 is 0 Å². The second kappa shape index (κ2) is 8.33. The van der Waals surface area contributed by atoms with E-state index < -0.39 is 0 Å². The maximum atomic E-state index is 12.1. The molecule has 27 heavy (non-hydrogen) atoms. The molecule has 0 spiro atoms. The molecule has 2 heterocycles. The van der Waals surface area contributed by atoms with Gasteiger partial charge in [0.1, 0.15) is 0 Å². The third kappa shape index (κ3) is 5.72. The number of aromatic nitrogens is 2. The Bertz CT molecular complexity index is 817. The molecule has 8 heteroatoms. The van der Waals surface area contributed by atoms with Crippen molar-refractivity contribution in [1.29, 1.82) is 0 Å². The molecule has 0 aliphatic carbocycles. The van der Waals surface area contributed by atoms with Crippen molar-refractivity contribution < 1.29 is 9.21 Å². The minimum atomic E-state index is -0.196. The highest BCUT2D eigenvalue weighted by Gasteiger charge is 2.22. The molecule has 1 N–H and O–H groups in total. The second-order valence-corrected chi connectivity index (χ2v) is 8.22. The quantitative estimate of drug-likeness (QED) is 0.792. The van der Waals surface area contributed by atoms with Crippen LogP contribution in [0.1, 0.15) is 20.8 Å². The Morgan fingerprint density at radius 1 is 1.15 bits per heavy atom. The van der Waals surface area contributed by atoms with Gasteiger partial charge in [0.25, 0.3) is 4.84 Å². The highest BCUT2D eigenvalue weighted by Crippen LogP contribution is 2.17. The summed E-state index contributed by atoms with van der Waals surface area (Å²) in [4.78, 5) is 16.9. The van der Waals surface area contributed by atoms with Gasteiger partial charge in [-0.25, -0.2) is 4.68 Å². The number of nitrogens with zero attached hydrogens (tertiary/aromatic N) is 4. The van der Waals surface area contributed by atoms with Crippen LogP contribution >= 0.6 is 12.2 Å². The molecule has 0 radical (unpaired) electrons. The molecule has 1 aromatic carbocycles. The number of hydrogen-bond donors (Lipinski definition) is 1.